The van der Waals surface area contributed by atoms with E-state index in [1.54, 1.807) is 6.07 Å². The van der Waals surface area contributed by atoms with Gasteiger partial charge >= 0.3 is 0 Å². The monoisotopic (exact) mass is 275 g/mol. The summed E-state index contributed by atoms with van der Waals surface area (Å²) in [7, 11) is 0. The molecule has 0 aromatic carbocycles. The maximum Gasteiger partial charge on any atom is 0.269 e. The Kier molecular flexibility index (Phi) is 5.39. The number of pyridine rings is 1. The normalized spacial score (nSPS) is 21.7. The Bertz CT molecular complexity index is 447. The largest absolute Gasteiger partial charge is 0.370 e. The van der Waals surface area contributed by atoms with Crippen LogP contribution in [0, 0.1) is 11.8 Å². The number of hydrogen-bond donors (Lipinski definition) is 2. The van der Waals surface area contributed by atoms with Crippen LogP contribution in [0.5, 0.6) is 0 Å². The molecule has 1 saturated carbocycles. The van der Waals surface area contributed by atoms with Crippen molar-refractivity contribution in [3.63, 3.8) is 0 Å². The Balaban J connectivity index is 1.85. The third-order valence-corrected chi connectivity index (χ3v) is 3.89. The van der Waals surface area contributed by atoms with Crippen LogP contribution in [0.4, 0.5) is 5.82 Å². The quantitative estimate of drug-likeness (QED) is 0.839. The molecule has 2 unspecified atom stereocenters. The van der Waals surface area contributed by atoms with Crippen LogP contribution in [0.1, 0.15) is 50.0 Å². The van der Waals surface area contributed by atoms with E-state index in [0.29, 0.717) is 11.6 Å². The standard InChI is InChI=1S/C16H25N3O/c1-3-9-17-15-6-4-5-14(19-15)16(20)18-11-13-8-7-12(2)10-13/h4-6,12-13H,3,7-11H2,1-2H3,(H,17,19)(H,18,20). The zero-order chi connectivity index (χ0) is 14.4. The van der Waals surface area contributed by atoms with Crippen molar-refractivity contribution in [2.45, 2.75) is 39.5 Å². The van der Waals surface area contributed by atoms with Crippen LogP contribution in [0.2, 0.25) is 0 Å². The average Bonchev–Trinajstić information content (AvgIpc) is 2.88. The van der Waals surface area contributed by atoms with Gasteiger partial charge in [-0.2, -0.15) is 0 Å². The van der Waals surface area contributed by atoms with Gasteiger partial charge in [0.05, 0.1) is 0 Å². The highest BCUT2D eigenvalue weighted by atomic mass is 16.1. The molecule has 1 aliphatic carbocycles. The fourth-order valence-corrected chi connectivity index (χ4v) is 2.75. The molecule has 20 heavy (non-hydrogen) atoms. The van der Waals surface area contributed by atoms with Crippen LogP contribution in [0.25, 0.3) is 0 Å². The lowest BCUT2D eigenvalue weighted by Crippen LogP contribution is -2.29. The van der Waals surface area contributed by atoms with Crippen molar-refractivity contribution in [2.75, 3.05) is 18.4 Å². The minimum atomic E-state index is -0.0651. The van der Waals surface area contributed by atoms with Gasteiger partial charge in [0, 0.05) is 13.1 Å². The molecule has 0 saturated heterocycles. The maximum atomic E-state index is 12.1. The van der Waals surface area contributed by atoms with Gasteiger partial charge in [-0.05, 0) is 43.2 Å². The van der Waals surface area contributed by atoms with Crippen molar-refractivity contribution in [1.82, 2.24) is 10.3 Å². The summed E-state index contributed by atoms with van der Waals surface area (Å²) in [4.78, 5) is 16.5. The van der Waals surface area contributed by atoms with Crippen LogP contribution < -0.4 is 10.6 Å². The summed E-state index contributed by atoms with van der Waals surface area (Å²) in [6.07, 6.45) is 4.78. The van der Waals surface area contributed by atoms with E-state index in [-0.39, 0.29) is 5.91 Å². The number of nitrogens with one attached hydrogen (secondary N) is 2. The number of nitrogens with zero attached hydrogens (tertiary/aromatic N) is 1. The van der Waals surface area contributed by atoms with Crippen molar-refractivity contribution in [1.29, 1.82) is 0 Å². The Hall–Kier alpha value is -1.58. The lowest BCUT2D eigenvalue weighted by atomic mass is 10.1. The van der Waals surface area contributed by atoms with Gasteiger partial charge in [-0.3, -0.25) is 4.79 Å². The number of carbonyl (C=O) groups excluding carboxylic acids is 1. The fraction of sp³-hybridized carbons (Fsp3) is 0.625. The minimum Gasteiger partial charge on any atom is -0.370 e. The van der Waals surface area contributed by atoms with Crippen molar-refractivity contribution < 1.29 is 4.79 Å². The van der Waals surface area contributed by atoms with E-state index in [9.17, 15) is 4.79 Å². The van der Waals surface area contributed by atoms with Crippen molar-refractivity contribution >= 4 is 11.7 Å². The predicted octanol–water partition coefficient (Wildman–Crippen LogP) is 3.07. The van der Waals surface area contributed by atoms with Gasteiger partial charge in [0.15, 0.2) is 0 Å². The molecule has 1 aliphatic rings. The van der Waals surface area contributed by atoms with Gasteiger partial charge in [0.2, 0.25) is 0 Å². The van der Waals surface area contributed by atoms with E-state index >= 15 is 0 Å². The number of anilines is 1. The van der Waals surface area contributed by atoms with Gasteiger partial charge in [0.1, 0.15) is 11.5 Å². The average molecular weight is 275 g/mol. The van der Waals surface area contributed by atoms with Crippen LogP contribution in [0.3, 0.4) is 0 Å². The lowest BCUT2D eigenvalue weighted by molar-refractivity contribution is 0.0942. The SMILES string of the molecule is CCCNc1cccc(C(=O)NCC2CCC(C)C2)n1. The summed E-state index contributed by atoms with van der Waals surface area (Å²) in [5, 5.41) is 6.22. The number of carbonyl (C=O) groups is 1. The molecule has 0 aliphatic heterocycles. The molecule has 0 spiro atoms. The number of rotatable bonds is 6. The highest BCUT2D eigenvalue weighted by Crippen LogP contribution is 2.29. The van der Waals surface area contributed by atoms with Crippen molar-refractivity contribution in [3.8, 4) is 0 Å². The van der Waals surface area contributed by atoms with E-state index in [1.807, 2.05) is 12.1 Å². The molecule has 4 nitrogen and oxygen atoms in total. The zero-order valence-corrected chi connectivity index (χ0v) is 12.5. The van der Waals surface area contributed by atoms with E-state index in [0.717, 1.165) is 31.2 Å². The molecular weight excluding hydrogens is 250 g/mol. The number of aromatic nitrogens is 1. The summed E-state index contributed by atoms with van der Waals surface area (Å²) in [5.74, 6) is 2.14. The second-order valence-electron chi connectivity index (χ2n) is 5.83. The molecule has 1 fully saturated rings. The van der Waals surface area contributed by atoms with Gasteiger partial charge in [-0.15, -0.1) is 0 Å². The number of amides is 1. The molecule has 2 atom stereocenters. The van der Waals surface area contributed by atoms with Crippen LogP contribution >= 0.6 is 0 Å². The first-order chi connectivity index (χ1) is 9.69. The minimum absolute atomic E-state index is 0.0651. The highest BCUT2D eigenvalue weighted by molar-refractivity contribution is 5.92. The molecule has 110 valence electrons. The van der Waals surface area contributed by atoms with Crippen LogP contribution in [0.15, 0.2) is 18.2 Å². The second kappa shape index (κ2) is 7.27. The topological polar surface area (TPSA) is 54.0 Å². The molecule has 0 radical (unpaired) electrons. The van der Waals surface area contributed by atoms with Gasteiger partial charge in [-0.25, -0.2) is 4.98 Å². The zero-order valence-electron chi connectivity index (χ0n) is 12.5. The molecular formula is C16H25N3O. The molecule has 1 aromatic heterocycles. The Morgan fingerprint density at radius 3 is 2.95 bits per heavy atom. The fourth-order valence-electron chi connectivity index (χ4n) is 2.75. The summed E-state index contributed by atoms with van der Waals surface area (Å²) >= 11 is 0. The molecule has 1 amide bonds. The summed E-state index contributed by atoms with van der Waals surface area (Å²) in [6, 6.07) is 5.53. The first-order valence-corrected chi connectivity index (χ1v) is 7.68. The second-order valence-corrected chi connectivity index (χ2v) is 5.83. The lowest BCUT2D eigenvalue weighted by Gasteiger charge is -2.11. The van der Waals surface area contributed by atoms with E-state index in [2.05, 4.69) is 29.5 Å². The summed E-state index contributed by atoms with van der Waals surface area (Å²) in [5.41, 5.74) is 0.497. The van der Waals surface area contributed by atoms with E-state index in [4.69, 9.17) is 0 Å². The van der Waals surface area contributed by atoms with Gasteiger partial charge < -0.3 is 10.6 Å². The highest BCUT2D eigenvalue weighted by Gasteiger charge is 2.21. The summed E-state index contributed by atoms with van der Waals surface area (Å²) < 4.78 is 0. The first kappa shape index (κ1) is 14.8. The molecule has 1 aromatic rings. The van der Waals surface area contributed by atoms with Crippen LogP contribution in [-0.2, 0) is 0 Å². The van der Waals surface area contributed by atoms with Crippen molar-refractivity contribution in [2.24, 2.45) is 11.8 Å². The van der Waals surface area contributed by atoms with Crippen molar-refractivity contribution in [3.05, 3.63) is 23.9 Å². The van der Waals surface area contributed by atoms with Gasteiger partial charge in [0.25, 0.3) is 5.91 Å². The Morgan fingerprint density at radius 2 is 2.25 bits per heavy atom. The first-order valence-electron chi connectivity index (χ1n) is 7.68. The van der Waals surface area contributed by atoms with Gasteiger partial charge in [-0.1, -0.05) is 26.3 Å². The smallest absolute Gasteiger partial charge is 0.269 e. The predicted molar refractivity (Wildman–Crippen MR) is 81.9 cm³/mol. The van der Waals surface area contributed by atoms with E-state index < -0.39 is 0 Å². The number of hydrogen-bond acceptors (Lipinski definition) is 3. The van der Waals surface area contributed by atoms with Crippen LogP contribution in [-0.4, -0.2) is 24.0 Å². The Morgan fingerprint density at radius 1 is 1.40 bits per heavy atom. The third kappa shape index (κ3) is 4.22. The maximum absolute atomic E-state index is 12.1. The third-order valence-electron chi connectivity index (χ3n) is 3.89. The molecule has 2 N–H and O–H groups in total. The Labute approximate surface area is 121 Å². The molecule has 1 heterocycles. The van der Waals surface area contributed by atoms with E-state index in [1.165, 1.54) is 19.3 Å². The summed E-state index contributed by atoms with van der Waals surface area (Å²) in [6.45, 7) is 6.04. The molecule has 2 rings (SSSR count). The molecule has 4 heteroatoms. The molecule has 0 bridgehead atoms.